The minimum absolute atomic E-state index is 0.262. The van der Waals surface area contributed by atoms with E-state index in [9.17, 15) is 9.18 Å². The van der Waals surface area contributed by atoms with Crippen LogP contribution in [0.15, 0.2) is 73.0 Å². The molecular formula is C26H23FO3. The van der Waals surface area contributed by atoms with Crippen LogP contribution in [0.25, 0.3) is 28.9 Å². The first-order valence-corrected chi connectivity index (χ1v) is 9.49. The van der Waals surface area contributed by atoms with Gasteiger partial charge in [0.25, 0.3) is 0 Å². The molecule has 0 aliphatic carbocycles. The molecule has 152 valence electrons. The second-order valence-electron chi connectivity index (χ2n) is 6.71. The third-order valence-electron chi connectivity index (χ3n) is 4.85. The number of methoxy groups -OCH3 is 2. The van der Waals surface area contributed by atoms with E-state index in [4.69, 9.17) is 9.47 Å². The molecule has 0 aliphatic rings. The SMILES string of the molecule is COC=C(C(=O)OC)c1ccccc1C=Cc1cccc(-c2cccc(F)c2)c1C. The quantitative estimate of drug-likeness (QED) is 0.215. The van der Waals surface area contributed by atoms with E-state index in [1.165, 1.54) is 32.6 Å². The Kier molecular flexibility index (Phi) is 6.81. The zero-order valence-corrected chi connectivity index (χ0v) is 17.2. The number of rotatable bonds is 6. The van der Waals surface area contributed by atoms with Gasteiger partial charge in [0.15, 0.2) is 0 Å². The van der Waals surface area contributed by atoms with Gasteiger partial charge in [-0.3, -0.25) is 0 Å². The first-order valence-electron chi connectivity index (χ1n) is 9.49. The lowest BCUT2D eigenvalue weighted by atomic mass is 9.95. The molecule has 0 saturated heterocycles. The molecule has 0 spiro atoms. The summed E-state index contributed by atoms with van der Waals surface area (Å²) < 4.78 is 23.6. The summed E-state index contributed by atoms with van der Waals surface area (Å²) in [7, 11) is 2.83. The number of benzene rings is 3. The summed E-state index contributed by atoms with van der Waals surface area (Å²) in [4.78, 5) is 12.2. The van der Waals surface area contributed by atoms with Gasteiger partial charge in [0.1, 0.15) is 11.4 Å². The van der Waals surface area contributed by atoms with Gasteiger partial charge in [-0.15, -0.1) is 0 Å². The summed E-state index contributed by atoms with van der Waals surface area (Å²) in [6, 6.07) is 20.0. The van der Waals surface area contributed by atoms with Crippen LogP contribution in [0, 0.1) is 12.7 Å². The van der Waals surface area contributed by atoms with E-state index in [-0.39, 0.29) is 5.82 Å². The number of hydrogen-bond acceptors (Lipinski definition) is 3. The Bertz CT molecular complexity index is 1110. The summed E-state index contributed by atoms with van der Waals surface area (Å²) in [5.74, 6) is -0.732. The van der Waals surface area contributed by atoms with E-state index in [0.717, 1.165) is 27.8 Å². The average molecular weight is 402 g/mol. The van der Waals surface area contributed by atoms with Crippen LogP contribution in [0.5, 0.6) is 0 Å². The van der Waals surface area contributed by atoms with Gasteiger partial charge in [0.05, 0.1) is 20.5 Å². The highest BCUT2D eigenvalue weighted by Crippen LogP contribution is 2.28. The molecule has 0 bridgehead atoms. The first kappa shape index (κ1) is 21.1. The van der Waals surface area contributed by atoms with E-state index >= 15 is 0 Å². The fraction of sp³-hybridized carbons (Fsp3) is 0.115. The molecule has 0 saturated carbocycles. The van der Waals surface area contributed by atoms with Crippen molar-refractivity contribution in [3.8, 4) is 11.1 Å². The third-order valence-corrected chi connectivity index (χ3v) is 4.85. The average Bonchev–Trinajstić information content (AvgIpc) is 2.76. The number of halogens is 1. The van der Waals surface area contributed by atoms with Crippen molar-refractivity contribution in [1.29, 1.82) is 0 Å². The Morgan fingerprint density at radius 2 is 1.60 bits per heavy atom. The van der Waals surface area contributed by atoms with Crippen molar-refractivity contribution in [1.82, 2.24) is 0 Å². The highest BCUT2D eigenvalue weighted by molar-refractivity contribution is 6.17. The van der Waals surface area contributed by atoms with Crippen LogP contribution >= 0.6 is 0 Å². The molecule has 0 aromatic heterocycles. The van der Waals surface area contributed by atoms with Gasteiger partial charge in [0, 0.05) is 0 Å². The van der Waals surface area contributed by atoms with Gasteiger partial charge in [-0.05, 0) is 52.4 Å². The third kappa shape index (κ3) is 4.66. The summed E-state index contributed by atoms with van der Waals surface area (Å²) >= 11 is 0. The van der Waals surface area contributed by atoms with Gasteiger partial charge in [0.2, 0.25) is 0 Å². The molecule has 0 heterocycles. The minimum Gasteiger partial charge on any atom is -0.503 e. The standard InChI is InChI=1S/C26H23FO3/c1-18-19(9-7-13-23(18)21-10-6-11-22(27)16-21)14-15-20-8-4-5-12-24(20)25(17-29-2)26(28)30-3/h4-17H,1-3H3. The Morgan fingerprint density at radius 1 is 0.900 bits per heavy atom. The molecule has 0 amide bonds. The number of esters is 1. The van der Waals surface area contributed by atoms with E-state index < -0.39 is 5.97 Å². The maximum atomic E-state index is 13.7. The molecule has 0 atom stereocenters. The zero-order chi connectivity index (χ0) is 21.5. The van der Waals surface area contributed by atoms with Gasteiger partial charge in [-0.25, -0.2) is 9.18 Å². The molecule has 0 fully saturated rings. The van der Waals surface area contributed by atoms with Crippen LogP contribution in [-0.4, -0.2) is 20.2 Å². The number of hydrogen-bond donors (Lipinski definition) is 0. The van der Waals surface area contributed by atoms with Crippen LogP contribution in [0.4, 0.5) is 4.39 Å². The summed E-state index contributed by atoms with van der Waals surface area (Å²) in [5, 5.41) is 0. The molecule has 0 radical (unpaired) electrons. The molecule has 0 aliphatic heterocycles. The van der Waals surface area contributed by atoms with Gasteiger partial charge < -0.3 is 9.47 Å². The minimum atomic E-state index is -0.470. The topological polar surface area (TPSA) is 35.5 Å². The zero-order valence-electron chi connectivity index (χ0n) is 17.2. The van der Waals surface area contributed by atoms with Gasteiger partial charge in [-0.2, -0.15) is 0 Å². The lowest BCUT2D eigenvalue weighted by Gasteiger charge is -2.11. The first-order chi connectivity index (χ1) is 14.5. The van der Waals surface area contributed by atoms with Crippen LogP contribution in [-0.2, 0) is 14.3 Å². The van der Waals surface area contributed by atoms with E-state index in [1.807, 2.05) is 67.6 Å². The predicted octanol–water partition coefficient (Wildman–Crippen LogP) is 6.13. The molecule has 3 aromatic carbocycles. The number of carbonyl (C=O) groups is 1. The Labute approximate surface area is 176 Å². The van der Waals surface area contributed by atoms with E-state index in [0.29, 0.717) is 11.1 Å². The van der Waals surface area contributed by atoms with Gasteiger partial charge in [-0.1, -0.05) is 66.7 Å². The van der Waals surface area contributed by atoms with Crippen molar-refractivity contribution in [3.63, 3.8) is 0 Å². The van der Waals surface area contributed by atoms with Crippen molar-refractivity contribution >= 4 is 23.7 Å². The Morgan fingerprint density at radius 3 is 2.33 bits per heavy atom. The lowest BCUT2D eigenvalue weighted by molar-refractivity contribution is -0.133. The van der Waals surface area contributed by atoms with E-state index in [1.54, 1.807) is 6.07 Å². The molecule has 0 N–H and O–H groups in total. The van der Waals surface area contributed by atoms with Crippen molar-refractivity contribution in [2.45, 2.75) is 6.92 Å². The smallest absolute Gasteiger partial charge is 0.341 e. The van der Waals surface area contributed by atoms with Crippen LogP contribution in [0.1, 0.15) is 22.3 Å². The van der Waals surface area contributed by atoms with Crippen LogP contribution in [0.2, 0.25) is 0 Å². The second-order valence-corrected chi connectivity index (χ2v) is 6.71. The maximum absolute atomic E-state index is 13.7. The Hall–Kier alpha value is -3.66. The highest BCUT2D eigenvalue weighted by Gasteiger charge is 2.15. The fourth-order valence-electron chi connectivity index (χ4n) is 3.32. The predicted molar refractivity (Wildman–Crippen MR) is 119 cm³/mol. The summed E-state index contributed by atoms with van der Waals surface area (Å²) in [6.45, 7) is 2.01. The molecule has 3 aromatic rings. The van der Waals surface area contributed by atoms with Gasteiger partial charge >= 0.3 is 5.97 Å². The van der Waals surface area contributed by atoms with Crippen molar-refractivity contribution < 1.29 is 18.7 Å². The van der Waals surface area contributed by atoms with Crippen molar-refractivity contribution in [2.24, 2.45) is 0 Å². The number of ether oxygens (including phenoxy) is 2. The van der Waals surface area contributed by atoms with Crippen LogP contribution in [0.3, 0.4) is 0 Å². The Balaban J connectivity index is 2.01. The molecule has 3 rings (SSSR count). The maximum Gasteiger partial charge on any atom is 0.341 e. The molecule has 3 nitrogen and oxygen atoms in total. The highest BCUT2D eigenvalue weighted by atomic mass is 19.1. The molecular weight excluding hydrogens is 379 g/mol. The second kappa shape index (κ2) is 9.70. The largest absolute Gasteiger partial charge is 0.503 e. The fourth-order valence-corrected chi connectivity index (χ4v) is 3.32. The van der Waals surface area contributed by atoms with Crippen LogP contribution < -0.4 is 0 Å². The monoisotopic (exact) mass is 402 g/mol. The van der Waals surface area contributed by atoms with Crippen molar-refractivity contribution in [3.05, 3.63) is 101 Å². The van der Waals surface area contributed by atoms with E-state index in [2.05, 4.69) is 0 Å². The molecule has 0 unspecified atom stereocenters. The number of carbonyl (C=O) groups excluding carboxylic acids is 1. The normalized spacial score (nSPS) is 11.5. The van der Waals surface area contributed by atoms with Crippen molar-refractivity contribution in [2.75, 3.05) is 14.2 Å². The lowest BCUT2D eigenvalue weighted by Crippen LogP contribution is -2.05. The molecule has 30 heavy (non-hydrogen) atoms. The summed E-state index contributed by atoms with van der Waals surface area (Å²) in [6.07, 6.45) is 5.31. The molecule has 4 heteroatoms. The summed E-state index contributed by atoms with van der Waals surface area (Å²) in [5.41, 5.74) is 5.74.